The van der Waals surface area contributed by atoms with E-state index in [9.17, 15) is 4.57 Å². The van der Waals surface area contributed by atoms with Gasteiger partial charge >= 0.3 is 7.82 Å². The summed E-state index contributed by atoms with van der Waals surface area (Å²) in [6, 6.07) is 0. The van der Waals surface area contributed by atoms with Crippen LogP contribution in [0.3, 0.4) is 0 Å². The largest absolute Gasteiger partial charge is 0.469 e. The molecule has 68 valence electrons. The van der Waals surface area contributed by atoms with Gasteiger partial charge in [0, 0.05) is 0 Å². The standard InChI is InChI=1S/C6H15O4P/c1-2-3-4-5-6-10-11(7,8)9/h2-6H2,1H3,(H2,7,8,9). The highest BCUT2D eigenvalue weighted by molar-refractivity contribution is 7.46. The molecule has 0 saturated heterocycles. The first-order valence-electron chi connectivity index (χ1n) is 3.76. The van der Waals surface area contributed by atoms with Gasteiger partial charge in [-0.3, -0.25) is 4.52 Å². The molecule has 0 aliphatic carbocycles. The van der Waals surface area contributed by atoms with Gasteiger partial charge in [0.2, 0.25) is 0 Å². The van der Waals surface area contributed by atoms with Gasteiger partial charge in [0.05, 0.1) is 6.61 Å². The van der Waals surface area contributed by atoms with Gasteiger partial charge in [-0.05, 0) is 6.42 Å². The van der Waals surface area contributed by atoms with Crippen molar-refractivity contribution in [1.82, 2.24) is 0 Å². The summed E-state index contributed by atoms with van der Waals surface area (Å²) in [6.45, 7) is 2.23. The van der Waals surface area contributed by atoms with Crippen molar-refractivity contribution in [2.24, 2.45) is 0 Å². The van der Waals surface area contributed by atoms with Crippen molar-refractivity contribution in [1.29, 1.82) is 0 Å². The molecule has 0 spiro atoms. The molecule has 0 aliphatic rings. The van der Waals surface area contributed by atoms with Crippen LogP contribution in [0, 0.1) is 0 Å². The smallest absolute Gasteiger partial charge is 0.303 e. The number of unbranched alkanes of at least 4 members (excludes halogenated alkanes) is 3. The second-order valence-electron chi connectivity index (χ2n) is 2.38. The average Bonchev–Trinajstić information content (AvgIpc) is 1.85. The molecule has 0 radical (unpaired) electrons. The van der Waals surface area contributed by atoms with Gasteiger partial charge in [0.15, 0.2) is 0 Å². The minimum atomic E-state index is -4.21. The van der Waals surface area contributed by atoms with Gasteiger partial charge in [0.1, 0.15) is 0 Å². The Morgan fingerprint density at radius 3 is 2.36 bits per heavy atom. The fourth-order valence-corrected chi connectivity index (χ4v) is 1.08. The van der Waals surface area contributed by atoms with Gasteiger partial charge in [-0.1, -0.05) is 26.2 Å². The lowest BCUT2D eigenvalue weighted by Crippen LogP contribution is -1.91. The number of hydrogen-bond donors (Lipinski definition) is 2. The van der Waals surface area contributed by atoms with E-state index in [-0.39, 0.29) is 6.61 Å². The van der Waals surface area contributed by atoms with Crippen molar-refractivity contribution in [2.45, 2.75) is 32.6 Å². The topological polar surface area (TPSA) is 66.8 Å². The Bertz CT molecular complexity index is 131. The summed E-state index contributed by atoms with van der Waals surface area (Å²) in [4.78, 5) is 16.5. The van der Waals surface area contributed by atoms with Crippen molar-refractivity contribution in [3.8, 4) is 0 Å². The summed E-state index contributed by atoms with van der Waals surface area (Å²) in [6.07, 6.45) is 3.88. The molecule has 0 aromatic rings. The molecule has 0 fully saturated rings. The van der Waals surface area contributed by atoms with Crippen LogP contribution in [0.25, 0.3) is 0 Å². The summed E-state index contributed by atoms with van der Waals surface area (Å²) in [7, 11) is -4.21. The zero-order valence-corrected chi connectivity index (χ0v) is 7.59. The lowest BCUT2D eigenvalue weighted by Gasteiger charge is -2.03. The Hall–Kier alpha value is 0.110. The summed E-state index contributed by atoms with van der Waals surface area (Å²) in [5.74, 6) is 0. The molecule has 2 N–H and O–H groups in total. The van der Waals surface area contributed by atoms with E-state index < -0.39 is 7.82 Å². The van der Waals surface area contributed by atoms with E-state index in [1.54, 1.807) is 0 Å². The van der Waals surface area contributed by atoms with E-state index in [4.69, 9.17) is 9.79 Å². The van der Waals surface area contributed by atoms with E-state index in [1.165, 1.54) is 0 Å². The van der Waals surface area contributed by atoms with Gasteiger partial charge < -0.3 is 9.79 Å². The minimum absolute atomic E-state index is 0.157. The SMILES string of the molecule is CCCCCCOP(=O)(O)O. The third-order valence-corrected chi connectivity index (χ3v) is 1.78. The molecule has 0 atom stereocenters. The van der Waals surface area contributed by atoms with Crippen LogP contribution in [0.1, 0.15) is 32.6 Å². The number of phosphoric acid groups is 1. The lowest BCUT2D eigenvalue weighted by molar-refractivity contribution is 0.193. The summed E-state index contributed by atoms with van der Waals surface area (Å²) < 4.78 is 14.4. The molecule has 0 amide bonds. The van der Waals surface area contributed by atoms with Crippen LogP contribution in [0.2, 0.25) is 0 Å². The van der Waals surface area contributed by atoms with Crippen LogP contribution in [0.5, 0.6) is 0 Å². The Morgan fingerprint density at radius 1 is 1.27 bits per heavy atom. The highest BCUT2D eigenvalue weighted by Gasteiger charge is 2.11. The van der Waals surface area contributed by atoms with Crippen LogP contribution >= 0.6 is 7.82 Å². The van der Waals surface area contributed by atoms with E-state index in [0.717, 1.165) is 25.7 Å². The monoisotopic (exact) mass is 182 g/mol. The molecule has 0 unspecified atom stereocenters. The molecule has 11 heavy (non-hydrogen) atoms. The quantitative estimate of drug-likeness (QED) is 0.484. The minimum Gasteiger partial charge on any atom is -0.303 e. The summed E-state index contributed by atoms with van der Waals surface area (Å²) >= 11 is 0. The van der Waals surface area contributed by atoms with Crippen LogP contribution in [0.4, 0.5) is 0 Å². The molecule has 0 saturated carbocycles. The maximum atomic E-state index is 10.1. The highest BCUT2D eigenvalue weighted by atomic mass is 31.2. The van der Waals surface area contributed by atoms with Gasteiger partial charge in [-0.15, -0.1) is 0 Å². The second kappa shape index (κ2) is 5.72. The zero-order chi connectivity index (χ0) is 8.74. The normalized spacial score (nSPS) is 11.9. The molecule has 0 aliphatic heterocycles. The first-order chi connectivity index (χ1) is 5.06. The van der Waals surface area contributed by atoms with E-state index in [1.807, 2.05) is 0 Å². The van der Waals surface area contributed by atoms with Crippen LogP contribution in [-0.2, 0) is 9.09 Å². The van der Waals surface area contributed by atoms with Crippen LogP contribution < -0.4 is 0 Å². The molecule has 4 nitrogen and oxygen atoms in total. The third kappa shape index (κ3) is 10.1. The fourth-order valence-electron chi connectivity index (χ4n) is 0.712. The first kappa shape index (κ1) is 11.1. The predicted octanol–water partition coefficient (Wildman–Crippen LogP) is 1.68. The fraction of sp³-hybridized carbons (Fsp3) is 1.00. The molecule has 0 heterocycles. The Balaban J connectivity index is 3.09. The van der Waals surface area contributed by atoms with Crippen LogP contribution in [-0.4, -0.2) is 16.4 Å². The maximum absolute atomic E-state index is 10.1. The van der Waals surface area contributed by atoms with Crippen molar-refractivity contribution >= 4 is 7.82 Å². The van der Waals surface area contributed by atoms with E-state index >= 15 is 0 Å². The highest BCUT2D eigenvalue weighted by Crippen LogP contribution is 2.35. The van der Waals surface area contributed by atoms with Crippen molar-refractivity contribution < 1.29 is 18.9 Å². The summed E-state index contributed by atoms with van der Waals surface area (Å²) in [5.41, 5.74) is 0. The Morgan fingerprint density at radius 2 is 1.91 bits per heavy atom. The van der Waals surface area contributed by atoms with Crippen LogP contribution in [0.15, 0.2) is 0 Å². The van der Waals surface area contributed by atoms with E-state index in [0.29, 0.717) is 0 Å². The second-order valence-corrected chi connectivity index (χ2v) is 3.62. The number of hydrogen-bond acceptors (Lipinski definition) is 2. The molecule has 0 rings (SSSR count). The Labute approximate surface area is 66.8 Å². The summed E-state index contributed by atoms with van der Waals surface area (Å²) in [5, 5.41) is 0. The van der Waals surface area contributed by atoms with E-state index in [2.05, 4.69) is 11.4 Å². The first-order valence-corrected chi connectivity index (χ1v) is 5.29. The number of phosphoric ester groups is 1. The average molecular weight is 182 g/mol. The number of rotatable bonds is 6. The molecular formula is C6H15O4P. The third-order valence-electron chi connectivity index (χ3n) is 1.26. The molecule has 5 heteroatoms. The predicted molar refractivity (Wildman–Crippen MR) is 42.1 cm³/mol. The van der Waals surface area contributed by atoms with Crippen molar-refractivity contribution in [2.75, 3.05) is 6.61 Å². The lowest BCUT2D eigenvalue weighted by atomic mass is 10.2. The molecule has 0 aromatic heterocycles. The van der Waals surface area contributed by atoms with Gasteiger partial charge in [-0.25, -0.2) is 4.57 Å². The van der Waals surface area contributed by atoms with Crippen molar-refractivity contribution in [3.63, 3.8) is 0 Å². The maximum Gasteiger partial charge on any atom is 0.469 e. The van der Waals surface area contributed by atoms with Crippen molar-refractivity contribution in [3.05, 3.63) is 0 Å². The van der Waals surface area contributed by atoms with Gasteiger partial charge in [0.25, 0.3) is 0 Å². The Kier molecular flexibility index (Phi) is 5.78. The zero-order valence-electron chi connectivity index (χ0n) is 6.69. The molecule has 0 aromatic carbocycles. The molecular weight excluding hydrogens is 167 g/mol. The molecule has 0 bridgehead atoms. The van der Waals surface area contributed by atoms with Gasteiger partial charge in [-0.2, -0.15) is 0 Å².